The highest BCUT2D eigenvalue weighted by Crippen LogP contribution is 2.20. The smallest absolute Gasteiger partial charge is 0.224 e. The van der Waals surface area contributed by atoms with Crippen molar-refractivity contribution in [3.8, 4) is 0 Å². The van der Waals surface area contributed by atoms with E-state index in [4.69, 9.17) is 0 Å². The molecule has 2 aromatic rings. The molecule has 1 aliphatic rings. The van der Waals surface area contributed by atoms with Crippen molar-refractivity contribution >= 4 is 11.8 Å². The minimum Gasteiger partial charge on any atom is -0.367 e. The van der Waals surface area contributed by atoms with Gasteiger partial charge in [-0.1, -0.05) is 56.0 Å². The molecule has 2 N–H and O–H groups in total. The van der Waals surface area contributed by atoms with Crippen molar-refractivity contribution < 1.29 is 0 Å². The Hall–Kier alpha value is -2.10. The lowest BCUT2D eigenvalue weighted by Gasteiger charge is -2.17. The average Bonchev–Trinajstić information content (AvgIpc) is 2.85. The fourth-order valence-electron chi connectivity index (χ4n) is 3.12. The molecular weight excluding hydrogens is 284 g/mol. The van der Waals surface area contributed by atoms with E-state index >= 15 is 0 Å². The Balaban J connectivity index is 1.50. The summed E-state index contributed by atoms with van der Waals surface area (Å²) in [5, 5.41) is 6.90. The summed E-state index contributed by atoms with van der Waals surface area (Å²) in [6.07, 6.45) is 10.7. The van der Waals surface area contributed by atoms with Crippen molar-refractivity contribution in [1.29, 1.82) is 0 Å². The van der Waals surface area contributed by atoms with Gasteiger partial charge in [0.05, 0.1) is 0 Å². The summed E-state index contributed by atoms with van der Waals surface area (Å²) < 4.78 is 0. The number of nitrogens with one attached hydrogen (secondary N) is 2. The molecule has 0 saturated heterocycles. The normalized spacial score (nSPS) is 15.8. The third-order valence-corrected chi connectivity index (χ3v) is 4.40. The van der Waals surface area contributed by atoms with Gasteiger partial charge in [-0.05, 0) is 30.9 Å². The van der Waals surface area contributed by atoms with Crippen molar-refractivity contribution in [3.63, 3.8) is 0 Å². The minimum absolute atomic E-state index is 0.560. The molecule has 4 nitrogen and oxygen atoms in total. The number of hydrogen-bond donors (Lipinski definition) is 2. The van der Waals surface area contributed by atoms with Gasteiger partial charge in [0.15, 0.2) is 0 Å². The van der Waals surface area contributed by atoms with Crippen LogP contribution in [0.3, 0.4) is 0 Å². The summed E-state index contributed by atoms with van der Waals surface area (Å²) in [5.74, 6) is 1.65. The van der Waals surface area contributed by atoms with Crippen LogP contribution in [0.15, 0.2) is 42.6 Å². The van der Waals surface area contributed by atoms with E-state index in [0.717, 1.165) is 18.8 Å². The van der Waals surface area contributed by atoms with Crippen molar-refractivity contribution in [2.24, 2.45) is 0 Å². The van der Waals surface area contributed by atoms with Crippen LogP contribution in [0, 0.1) is 0 Å². The fourth-order valence-corrected chi connectivity index (χ4v) is 3.12. The largest absolute Gasteiger partial charge is 0.367 e. The molecule has 1 aromatic carbocycles. The molecule has 0 radical (unpaired) electrons. The van der Waals surface area contributed by atoms with Gasteiger partial charge in [-0.15, -0.1) is 0 Å². The van der Waals surface area contributed by atoms with Gasteiger partial charge < -0.3 is 10.6 Å². The van der Waals surface area contributed by atoms with Gasteiger partial charge in [0.25, 0.3) is 0 Å². The van der Waals surface area contributed by atoms with E-state index in [2.05, 4.69) is 44.9 Å². The summed E-state index contributed by atoms with van der Waals surface area (Å²) in [6, 6.07) is 13.0. The summed E-state index contributed by atoms with van der Waals surface area (Å²) >= 11 is 0. The molecule has 0 atom stereocenters. The zero-order valence-corrected chi connectivity index (χ0v) is 13.7. The Kier molecular flexibility index (Phi) is 5.84. The van der Waals surface area contributed by atoms with Crippen molar-refractivity contribution in [2.75, 3.05) is 17.2 Å². The topological polar surface area (TPSA) is 49.8 Å². The molecule has 0 bridgehead atoms. The maximum Gasteiger partial charge on any atom is 0.224 e. The molecular formula is C19H26N4. The van der Waals surface area contributed by atoms with Crippen LogP contribution in [-0.4, -0.2) is 22.6 Å². The molecule has 1 aliphatic carbocycles. The number of nitrogens with zero attached hydrogens (tertiary/aromatic N) is 2. The summed E-state index contributed by atoms with van der Waals surface area (Å²) in [7, 11) is 0. The van der Waals surface area contributed by atoms with Gasteiger partial charge in [-0.25, -0.2) is 4.98 Å². The highest BCUT2D eigenvalue weighted by atomic mass is 15.1. The molecule has 1 saturated carbocycles. The van der Waals surface area contributed by atoms with Crippen LogP contribution in [0.5, 0.6) is 0 Å². The average molecular weight is 310 g/mol. The quantitative estimate of drug-likeness (QED) is 0.783. The van der Waals surface area contributed by atoms with E-state index in [-0.39, 0.29) is 0 Å². The SMILES string of the molecule is c1ccc(CCNc2nccc(NC3CCCCCC3)n2)cc1. The van der Waals surface area contributed by atoms with E-state index in [1.165, 1.54) is 44.1 Å². The second kappa shape index (κ2) is 8.51. The fraction of sp³-hybridized carbons (Fsp3) is 0.474. The van der Waals surface area contributed by atoms with Crippen molar-refractivity contribution in [1.82, 2.24) is 9.97 Å². The molecule has 4 heteroatoms. The minimum atomic E-state index is 0.560. The Morgan fingerprint density at radius 1 is 0.957 bits per heavy atom. The number of hydrogen-bond acceptors (Lipinski definition) is 4. The Morgan fingerprint density at radius 2 is 1.74 bits per heavy atom. The van der Waals surface area contributed by atoms with Crippen LogP contribution in [0.2, 0.25) is 0 Å². The third-order valence-electron chi connectivity index (χ3n) is 4.40. The van der Waals surface area contributed by atoms with Crippen LogP contribution < -0.4 is 10.6 Å². The van der Waals surface area contributed by atoms with Crippen LogP contribution in [0.4, 0.5) is 11.8 Å². The van der Waals surface area contributed by atoms with Crippen LogP contribution in [0.25, 0.3) is 0 Å². The van der Waals surface area contributed by atoms with Crippen LogP contribution in [-0.2, 0) is 6.42 Å². The molecule has 1 heterocycles. The van der Waals surface area contributed by atoms with E-state index in [0.29, 0.717) is 12.0 Å². The third kappa shape index (κ3) is 5.23. The predicted octanol–water partition coefficient (Wildman–Crippen LogP) is 4.27. The lowest BCUT2D eigenvalue weighted by Crippen LogP contribution is -2.19. The van der Waals surface area contributed by atoms with E-state index < -0.39 is 0 Å². The highest BCUT2D eigenvalue weighted by molar-refractivity contribution is 5.40. The monoisotopic (exact) mass is 310 g/mol. The Labute approximate surface area is 138 Å². The predicted molar refractivity (Wildman–Crippen MR) is 95.8 cm³/mol. The first kappa shape index (κ1) is 15.8. The lowest BCUT2D eigenvalue weighted by atomic mass is 10.1. The van der Waals surface area contributed by atoms with Gasteiger partial charge in [0.2, 0.25) is 5.95 Å². The first-order valence-corrected chi connectivity index (χ1v) is 8.77. The molecule has 122 valence electrons. The number of benzene rings is 1. The van der Waals surface area contributed by atoms with Gasteiger partial charge in [0.1, 0.15) is 5.82 Å². The molecule has 0 unspecified atom stereocenters. The molecule has 1 aromatic heterocycles. The standard InChI is InChI=1S/C19H26N4/c1-2-7-11-17(10-6-1)22-18-13-15-21-19(23-18)20-14-12-16-8-4-3-5-9-16/h3-5,8-9,13,15,17H,1-2,6-7,10-12,14H2,(H2,20,21,22,23). The van der Waals surface area contributed by atoms with Crippen LogP contribution >= 0.6 is 0 Å². The number of aromatic nitrogens is 2. The van der Waals surface area contributed by atoms with Gasteiger partial charge in [-0.3, -0.25) is 0 Å². The van der Waals surface area contributed by atoms with Gasteiger partial charge in [0, 0.05) is 18.8 Å². The highest BCUT2D eigenvalue weighted by Gasteiger charge is 2.12. The second-order valence-corrected chi connectivity index (χ2v) is 6.26. The zero-order valence-electron chi connectivity index (χ0n) is 13.7. The number of rotatable bonds is 6. The summed E-state index contributed by atoms with van der Waals surface area (Å²) in [6.45, 7) is 0.844. The summed E-state index contributed by atoms with van der Waals surface area (Å²) in [4.78, 5) is 8.92. The van der Waals surface area contributed by atoms with Gasteiger partial charge in [-0.2, -0.15) is 4.98 Å². The summed E-state index contributed by atoms with van der Waals surface area (Å²) in [5.41, 5.74) is 1.33. The van der Waals surface area contributed by atoms with Crippen LogP contribution in [0.1, 0.15) is 44.1 Å². The zero-order chi connectivity index (χ0) is 15.7. The lowest BCUT2D eigenvalue weighted by molar-refractivity contribution is 0.617. The second-order valence-electron chi connectivity index (χ2n) is 6.26. The molecule has 3 rings (SSSR count). The molecule has 23 heavy (non-hydrogen) atoms. The van der Waals surface area contributed by atoms with Crippen molar-refractivity contribution in [2.45, 2.75) is 51.0 Å². The Morgan fingerprint density at radius 3 is 2.52 bits per heavy atom. The van der Waals surface area contributed by atoms with E-state index in [1.807, 2.05) is 18.3 Å². The first-order chi connectivity index (χ1) is 11.4. The van der Waals surface area contributed by atoms with Crippen molar-refractivity contribution in [3.05, 3.63) is 48.2 Å². The van der Waals surface area contributed by atoms with E-state index in [1.54, 1.807) is 0 Å². The van der Waals surface area contributed by atoms with Gasteiger partial charge >= 0.3 is 0 Å². The molecule has 0 spiro atoms. The number of anilines is 2. The maximum absolute atomic E-state index is 4.60. The molecule has 1 fully saturated rings. The maximum atomic E-state index is 4.60. The Bertz CT molecular complexity index is 577. The molecule has 0 amide bonds. The van der Waals surface area contributed by atoms with E-state index in [9.17, 15) is 0 Å². The molecule has 0 aliphatic heterocycles. The first-order valence-electron chi connectivity index (χ1n) is 8.77.